The number of carbonyl (C=O) groups is 1. The van der Waals surface area contributed by atoms with E-state index in [-0.39, 0.29) is 23.6 Å². The number of halogens is 4. The van der Waals surface area contributed by atoms with Crippen molar-refractivity contribution in [2.75, 3.05) is 31.5 Å². The monoisotopic (exact) mass is 618 g/mol. The van der Waals surface area contributed by atoms with Crippen LogP contribution in [0.5, 0.6) is 5.75 Å². The number of nitrogens with one attached hydrogen (secondary N) is 1. The summed E-state index contributed by atoms with van der Waals surface area (Å²) in [5.74, 6) is 0.328. The fourth-order valence-electron chi connectivity index (χ4n) is 5.22. The van der Waals surface area contributed by atoms with Crippen LogP contribution in [0.4, 0.5) is 33.7 Å². The zero-order chi connectivity index (χ0) is 31.9. The fourth-order valence-corrected chi connectivity index (χ4v) is 5.22. The molecule has 0 spiro atoms. The standard InChI is InChI=1S/C31H34F4N4O5/c1-3-4-25(37-15-17-38(18-16-37)30(40)44-27-10-5-22(32)6-11-27)19-21(2)43-26-12-7-23(8-13-26)36-24-9-14-29(39(41)42)28(20-24)31(33,34)35/h3-6,9-11,14,19-20,23,26,36H,2,7-8,12-13,15-18H2,1H3/b4-3-,25-19+. The molecule has 1 aliphatic heterocycles. The Balaban J connectivity index is 1.26. The molecule has 0 unspecified atom stereocenters. The van der Waals surface area contributed by atoms with Crippen LogP contribution in [0, 0.1) is 15.9 Å². The molecule has 2 fully saturated rings. The van der Waals surface area contributed by atoms with Crippen molar-refractivity contribution in [2.24, 2.45) is 0 Å². The zero-order valence-corrected chi connectivity index (χ0v) is 24.2. The van der Waals surface area contributed by atoms with E-state index in [1.165, 1.54) is 30.3 Å². The highest BCUT2D eigenvalue weighted by Crippen LogP contribution is 2.38. The third-order valence-electron chi connectivity index (χ3n) is 7.43. The molecule has 4 rings (SSSR count). The van der Waals surface area contributed by atoms with Gasteiger partial charge in [0.25, 0.3) is 5.69 Å². The van der Waals surface area contributed by atoms with Crippen molar-refractivity contribution >= 4 is 17.5 Å². The van der Waals surface area contributed by atoms with Gasteiger partial charge >= 0.3 is 12.3 Å². The van der Waals surface area contributed by atoms with E-state index in [1.807, 2.05) is 25.2 Å². The van der Waals surface area contributed by atoms with E-state index in [0.717, 1.165) is 17.8 Å². The summed E-state index contributed by atoms with van der Waals surface area (Å²) in [6.45, 7) is 7.91. The van der Waals surface area contributed by atoms with Crippen LogP contribution in [0.2, 0.25) is 0 Å². The summed E-state index contributed by atoms with van der Waals surface area (Å²) in [4.78, 5) is 26.2. The second-order valence-electron chi connectivity index (χ2n) is 10.6. The summed E-state index contributed by atoms with van der Waals surface area (Å²) in [7, 11) is 0. The molecule has 1 amide bonds. The lowest BCUT2D eigenvalue weighted by molar-refractivity contribution is -0.388. The van der Waals surface area contributed by atoms with Crippen molar-refractivity contribution in [1.29, 1.82) is 0 Å². The summed E-state index contributed by atoms with van der Waals surface area (Å²) in [5, 5.41) is 14.1. The fraction of sp³-hybridized carbons (Fsp3) is 0.387. The summed E-state index contributed by atoms with van der Waals surface area (Å²) in [6, 6.07) is 8.09. The van der Waals surface area contributed by atoms with Gasteiger partial charge in [-0.05, 0) is 75.1 Å². The summed E-state index contributed by atoms with van der Waals surface area (Å²) in [6.07, 6.45) is 2.78. The highest BCUT2D eigenvalue weighted by Gasteiger charge is 2.38. The molecule has 1 saturated carbocycles. The van der Waals surface area contributed by atoms with Crippen molar-refractivity contribution in [2.45, 2.75) is 50.9 Å². The van der Waals surface area contributed by atoms with Gasteiger partial charge in [0, 0.05) is 55.7 Å². The molecular weight excluding hydrogens is 584 g/mol. The predicted molar refractivity (Wildman–Crippen MR) is 156 cm³/mol. The first-order chi connectivity index (χ1) is 20.9. The highest BCUT2D eigenvalue weighted by molar-refractivity contribution is 5.70. The van der Waals surface area contributed by atoms with Crippen LogP contribution in [0.1, 0.15) is 38.2 Å². The number of rotatable bonds is 9. The number of anilines is 1. The van der Waals surface area contributed by atoms with E-state index in [4.69, 9.17) is 9.47 Å². The van der Waals surface area contributed by atoms with E-state index in [9.17, 15) is 32.5 Å². The molecule has 1 N–H and O–H groups in total. The van der Waals surface area contributed by atoms with Crippen LogP contribution in [-0.4, -0.2) is 59.1 Å². The van der Waals surface area contributed by atoms with E-state index >= 15 is 0 Å². The minimum atomic E-state index is -4.84. The van der Waals surface area contributed by atoms with Crippen LogP contribution in [-0.2, 0) is 10.9 Å². The molecule has 44 heavy (non-hydrogen) atoms. The van der Waals surface area contributed by atoms with Gasteiger partial charge in [-0.1, -0.05) is 12.7 Å². The lowest BCUT2D eigenvalue weighted by Crippen LogP contribution is -2.49. The van der Waals surface area contributed by atoms with Crippen LogP contribution in [0.3, 0.4) is 0 Å². The van der Waals surface area contributed by atoms with E-state index in [0.29, 0.717) is 57.6 Å². The maximum atomic E-state index is 13.3. The molecule has 0 atom stereocenters. The van der Waals surface area contributed by atoms with Crippen molar-refractivity contribution in [1.82, 2.24) is 9.80 Å². The molecule has 2 aromatic rings. The topological polar surface area (TPSA) is 97.2 Å². The van der Waals surface area contributed by atoms with Crippen LogP contribution >= 0.6 is 0 Å². The molecule has 0 aromatic heterocycles. The minimum absolute atomic E-state index is 0.106. The molecule has 236 valence electrons. The zero-order valence-electron chi connectivity index (χ0n) is 24.2. The molecule has 0 bridgehead atoms. The lowest BCUT2D eigenvalue weighted by atomic mass is 9.92. The van der Waals surface area contributed by atoms with E-state index < -0.39 is 34.3 Å². The normalized spacial score (nSPS) is 19.5. The summed E-state index contributed by atoms with van der Waals surface area (Å²) < 4.78 is 64.5. The molecular formula is C31H34F4N4O5. The molecule has 1 saturated heterocycles. The largest absolute Gasteiger partial charge is 0.491 e. The van der Waals surface area contributed by atoms with Gasteiger partial charge in [0.05, 0.1) is 11.0 Å². The first-order valence-electron chi connectivity index (χ1n) is 14.2. The maximum absolute atomic E-state index is 13.3. The number of hydrogen-bond donors (Lipinski definition) is 1. The number of amides is 1. The molecule has 2 aromatic carbocycles. The van der Waals surface area contributed by atoms with Crippen LogP contribution in [0.15, 0.2) is 78.7 Å². The Morgan fingerprint density at radius 1 is 1.05 bits per heavy atom. The molecule has 0 radical (unpaired) electrons. The van der Waals surface area contributed by atoms with Gasteiger partial charge < -0.3 is 24.6 Å². The Morgan fingerprint density at radius 3 is 2.27 bits per heavy atom. The van der Waals surface area contributed by atoms with Crippen LogP contribution in [0.25, 0.3) is 0 Å². The third kappa shape index (κ3) is 8.74. The SMILES string of the molecule is C=C(/C=C(\C=C/C)N1CCN(C(=O)Oc2ccc(F)cc2)CC1)OC1CCC(Nc2ccc([N+](=O)[O-])c(C(F)(F)F)c2)CC1. The Kier molecular flexibility index (Phi) is 10.5. The second kappa shape index (κ2) is 14.3. The first-order valence-corrected chi connectivity index (χ1v) is 14.2. The first kappa shape index (κ1) is 32.4. The number of hydrogen-bond acceptors (Lipinski definition) is 7. The van der Waals surface area contributed by atoms with Crippen molar-refractivity contribution in [3.63, 3.8) is 0 Å². The molecule has 1 aliphatic carbocycles. The van der Waals surface area contributed by atoms with Gasteiger partial charge in [-0.15, -0.1) is 0 Å². The number of benzene rings is 2. The number of piperazine rings is 1. The molecule has 13 heteroatoms. The second-order valence-corrected chi connectivity index (χ2v) is 10.6. The molecule has 1 heterocycles. The molecule has 2 aliphatic rings. The summed E-state index contributed by atoms with van der Waals surface area (Å²) >= 11 is 0. The minimum Gasteiger partial charge on any atom is -0.491 e. The maximum Gasteiger partial charge on any atom is 0.423 e. The third-order valence-corrected chi connectivity index (χ3v) is 7.43. The van der Waals surface area contributed by atoms with Gasteiger partial charge in [-0.2, -0.15) is 13.2 Å². The predicted octanol–water partition coefficient (Wildman–Crippen LogP) is 7.28. The number of nitro groups is 1. The quantitative estimate of drug-likeness (QED) is 0.104. The number of carbonyl (C=O) groups excluding carboxylic acids is 1. The van der Waals surface area contributed by atoms with Gasteiger partial charge in [-0.25, -0.2) is 9.18 Å². The van der Waals surface area contributed by atoms with E-state index in [1.54, 1.807) is 4.90 Å². The van der Waals surface area contributed by atoms with Gasteiger partial charge in [0.1, 0.15) is 22.9 Å². The van der Waals surface area contributed by atoms with E-state index in [2.05, 4.69) is 16.8 Å². The number of allylic oxidation sites excluding steroid dienone is 3. The smallest absolute Gasteiger partial charge is 0.423 e. The lowest BCUT2D eigenvalue weighted by Gasteiger charge is -2.36. The van der Waals surface area contributed by atoms with Crippen molar-refractivity contribution < 1.29 is 36.8 Å². The Morgan fingerprint density at radius 2 is 1.68 bits per heavy atom. The average Bonchev–Trinajstić information content (AvgIpc) is 2.98. The van der Waals surface area contributed by atoms with Gasteiger partial charge in [0.15, 0.2) is 0 Å². The van der Waals surface area contributed by atoms with Crippen molar-refractivity contribution in [3.05, 3.63) is 100 Å². The Hall–Kier alpha value is -4.55. The number of nitrogens with zero attached hydrogens (tertiary/aromatic N) is 3. The number of alkyl halides is 3. The number of nitro benzene ring substituents is 1. The Labute approximate surface area is 252 Å². The average molecular weight is 619 g/mol. The van der Waals surface area contributed by atoms with Crippen molar-refractivity contribution in [3.8, 4) is 5.75 Å². The number of ether oxygens (including phenoxy) is 2. The van der Waals surface area contributed by atoms with Crippen LogP contribution < -0.4 is 10.1 Å². The van der Waals surface area contributed by atoms with Gasteiger partial charge in [-0.3, -0.25) is 10.1 Å². The Bertz CT molecular complexity index is 1390. The van der Waals surface area contributed by atoms with Gasteiger partial charge in [0.2, 0.25) is 0 Å². The highest BCUT2D eigenvalue weighted by atomic mass is 19.4. The summed E-state index contributed by atoms with van der Waals surface area (Å²) in [5.41, 5.74) is -1.20. The molecule has 9 nitrogen and oxygen atoms in total.